The summed E-state index contributed by atoms with van der Waals surface area (Å²) >= 11 is 0. The molecule has 0 saturated heterocycles. The van der Waals surface area contributed by atoms with Gasteiger partial charge in [-0.1, -0.05) is 0 Å². The molecule has 21 heavy (non-hydrogen) atoms. The number of hydrogen-bond acceptors (Lipinski definition) is 6. The lowest BCUT2D eigenvalue weighted by Gasteiger charge is -2.07. The molecule has 8 heteroatoms. The number of carbonyl (C=O) groups is 1. The number of aromatic nitrogens is 2. The molecule has 0 spiro atoms. The molecule has 2 aromatic rings. The number of benzene rings is 1. The summed E-state index contributed by atoms with van der Waals surface area (Å²) in [4.78, 5) is 29.8. The first-order chi connectivity index (χ1) is 9.97. The first-order valence-electron chi connectivity index (χ1n) is 6.07. The van der Waals surface area contributed by atoms with Crippen LogP contribution in [0, 0.1) is 17.0 Å². The highest BCUT2D eigenvalue weighted by atomic mass is 16.6. The maximum absolute atomic E-state index is 11.1. The number of rotatable bonds is 5. The fraction of sp³-hybridized carbons (Fsp3) is 0.154. The summed E-state index contributed by atoms with van der Waals surface area (Å²) in [5, 5.41) is 13.9. The number of aryl methyl sites for hydroxylation is 1. The van der Waals surface area contributed by atoms with Crippen molar-refractivity contribution in [3.05, 3.63) is 57.7 Å². The van der Waals surface area contributed by atoms with Crippen LogP contribution in [0.2, 0.25) is 0 Å². The van der Waals surface area contributed by atoms with Gasteiger partial charge in [-0.3, -0.25) is 24.9 Å². The van der Waals surface area contributed by atoms with Crippen molar-refractivity contribution in [2.24, 2.45) is 5.73 Å². The molecule has 0 aliphatic carbocycles. The van der Waals surface area contributed by atoms with Crippen molar-refractivity contribution in [3.8, 4) is 0 Å². The number of nitro groups is 1. The Morgan fingerprint density at radius 2 is 2.14 bits per heavy atom. The number of carbonyl (C=O) groups excluding carboxylic acids is 1. The van der Waals surface area contributed by atoms with Crippen molar-refractivity contribution in [2.75, 3.05) is 5.32 Å². The molecule has 1 aromatic heterocycles. The molecule has 1 amide bonds. The molecule has 2 rings (SSSR count). The second kappa shape index (κ2) is 5.95. The molecule has 0 atom stereocenters. The summed E-state index contributed by atoms with van der Waals surface area (Å²) in [6.07, 6.45) is 3.20. The Balaban J connectivity index is 2.21. The lowest BCUT2D eigenvalue weighted by atomic mass is 10.1. The molecule has 0 aliphatic rings. The number of anilines is 1. The lowest BCUT2D eigenvalue weighted by molar-refractivity contribution is -0.384. The average molecular weight is 287 g/mol. The maximum atomic E-state index is 11.1. The van der Waals surface area contributed by atoms with Crippen molar-refractivity contribution in [2.45, 2.75) is 13.5 Å². The van der Waals surface area contributed by atoms with Gasteiger partial charge in [0.05, 0.1) is 29.1 Å². The van der Waals surface area contributed by atoms with Gasteiger partial charge in [-0.05, 0) is 19.1 Å². The fourth-order valence-electron chi connectivity index (χ4n) is 1.68. The zero-order valence-corrected chi connectivity index (χ0v) is 11.2. The highest BCUT2D eigenvalue weighted by Gasteiger charge is 2.16. The van der Waals surface area contributed by atoms with Crippen molar-refractivity contribution in [3.63, 3.8) is 0 Å². The molecule has 1 heterocycles. The van der Waals surface area contributed by atoms with Gasteiger partial charge in [0.15, 0.2) is 0 Å². The van der Waals surface area contributed by atoms with Crippen LogP contribution in [0.1, 0.15) is 21.7 Å². The van der Waals surface area contributed by atoms with Crippen LogP contribution < -0.4 is 11.1 Å². The third-order valence-electron chi connectivity index (χ3n) is 2.77. The molecule has 3 N–H and O–H groups in total. The first kappa shape index (κ1) is 14.4. The largest absolute Gasteiger partial charge is 0.374 e. The van der Waals surface area contributed by atoms with E-state index in [4.69, 9.17) is 5.73 Å². The summed E-state index contributed by atoms with van der Waals surface area (Å²) in [6, 6.07) is 4.02. The van der Waals surface area contributed by atoms with E-state index in [2.05, 4.69) is 15.3 Å². The van der Waals surface area contributed by atoms with Crippen LogP contribution >= 0.6 is 0 Å². The summed E-state index contributed by atoms with van der Waals surface area (Å²) in [5.41, 5.74) is 6.70. The lowest BCUT2D eigenvalue weighted by Crippen LogP contribution is -2.12. The SMILES string of the molecule is Cc1cnc(CNc2ccc(C(N)=O)cc2[N+](=O)[O-])cn1. The highest BCUT2D eigenvalue weighted by molar-refractivity contribution is 5.94. The predicted octanol–water partition coefficient (Wildman–Crippen LogP) is 1.40. The number of nitrogens with zero attached hydrogens (tertiary/aromatic N) is 3. The standard InChI is InChI=1S/C13H13N5O3/c1-8-5-16-10(6-15-8)7-17-11-3-2-9(13(14)19)4-12(11)18(20)21/h2-6,17H,7H2,1H3,(H2,14,19). The summed E-state index contributed by atoms with van der Waals surface area (Å²) in [7, 11) is 0. The average Bonchev–Trinajstić information content (AvgIpc) is 2.46. The summed E-state index contributed by atoms with van der Waals surface area (Å²) in [5.74, 6) is -0.714. The molecule has 8 nitrogen and oxygen atoms in total. The number of nitrogens with two attached hydrogens (primary N) is 1. The van der Waals surface area contributed by atoms with E-state index < -0.39 is 10.8 Å². The molecule has 0 fully saturated rings. The molecule has 0 saturated carbocycles. The second-order valence-electron chi connectivity index (χ2n) is 4.36. The zero-order chi connectivity index (χ0) is 15.4. The van der Waals surface area contributed by atoms with Gasteiger partial charge in [-0.15, -0.1) is 0 Å². The molecule has 0 aliphatic heterocycles. The molecule has 108 valence electrons. The van der Waals surface area contributed by atoms with Crippen molar-refractivity contribution in [1.29, 1.82) is 0 Å². The van der Waals surface area contributed by atoms with Crippen LogP contribution in [0.5, 0.6) is 0 Å². The minimum absolute atomic E-state index is 0.0855. The molecule has 0 radical (unpaired) electrons. The quantitative estimate of drug-likeness (QED) is 0.632. The summed E-state index contributed by atoms with van der Waals surface area (Å²) < 4.78 is 0. The van der Waals surface area contributed by atoms with Gasteiger partial charge in [0.25, 0.3) is 5.69 Å². The monoisotopic (exact) mass is 287 g/mol. The second-order valence-corrected chi connectivity index (χ2v) is 4.36. The van der Waals surface area contributed by atoms with Gasteiger partial charge in [0.1, 0.15) is 5.69 Å². The molecule has 0 unspecified atom stereocenters. The minimum Gasteiger partial charge on any atom is -0.374 e. The van der Waals surface area contributed by atoms with E-state index in [1.807, 2.05) is 6.92 Å². The van der Waals surface area contributed by atoms with Gasteiger partial charge in [-0.2, -0.15) is 0 Å². The number of nitro benzene ring substituents is 1. The predicted molar refractivity (Wildman–Crippen MR) is 75.7 cm³/mol. The van der Waals surface area contributed by atoms with E-state index in [9.17, 15) is 14.9 Å². The Morgan fingerprint density at radius 1 is 1.38 bits per heavy atom. The normalized spacial score (nSPS) is 10.1. The van der Waals surface area contributed by atoms with E-state index in [0.717, 1.165) is 11.8 Å². The first-order valence-corrected chi connectivity index (χ1v) is 6.07. The van der Waals surface area contributed by atoms with E-state index in [1.165, 1.54) is 12.1 Å². The van der Waals surface area contributed by atoms with E-state index in [1.54, 1.807) is 12.4 Å². The van der Waals surface area contributed by atoms with Gasteiger partial charge >= 0.3 is 0 Å². The molecule has 1 aromatic carbocycles. The van der Waals surface area contributed by atoms with Gasteiger partial charge < -0.3 is 11.1 Å². The Labute approximate surface area is 120 Å². The van der Waals surface area contributed by atoms with E-state index >= 15 is 0 Å². The van der Waals surface area contributed by atoms with Gasteiger partial charge in [0.2, 0.25) is 5.91 Å². The Bertz CT molecular complexity index is 685. The maximum Gasteiger partial charge on any atom is 0.293 e. The Kier molecular flexibility index (Phi) is 4.07. The van der Waals surface area contributed by atoms with Crippen LogP contribution in [0.4, 0.5) is 11.4 Å². The Morgan fingerprint density at radius 3 is 2.71 bits per heavy atom. The molecular formula is C13H13N5O3. The Hall–Kier alpha value is -3.03. The van der Waals surface area contributed by atoms with E-state index in [-0.39, 0.29) is 23.5 Å². The van der Waals surface area contributed by atoms with Crippen LogP contribution in [0.3, 0.4) is 0 Å². The number of nitrogens with one attached hydrogen (secondary N) is 1. The third-order valence-corrected chi connectivity index (χ3v) is 2.77. The topological polar surface area (TPSA) is 124 Å². The van der Waals surface area contributed by atoms with Crippen LogP contribution in [0.25, 0.3) is 0 Å². The molecule has 0 bridgehead atoms. The van der Waals surface area contributed by atoms with Crippen molar-refractivity contribution in [1.82, 2.24) is 9.97 Å². The minimum atomic E-state index is -0.714. The van der Waals surface area contributed by atoms with Gasteiger partial charge in [-0.25, -0.2) is 0 Å². The van der Waals surface area contributed by atoms with Crippen molar-refractivity contribution >= 4 is 17.3 Å². The van der Waals surface area contributed by atoms with Gasteiger partial charge in [0, 0.05) is 17.8 Å². The molecular weight excluding hydrogens is 274 g/mol. The third kappa shape index (κ3) is 3.50. The summed E-state index contributed by atoms with van der Waals surface area (Å²) in [6.45, 7) is 2.10. The number of amides is 1. The van der Waals surface area contributed by atoms with Crippen LogP contribution in [-0.2, 0) is 6.54 Å². The fourth-order valence-corrected chi connectivity index (χ4v) is 1.68. The highest BCUT2D eigenvalue weighted by Crippen LogP contribution is 2.25. The van der Waals surface area contributed by atoms with Crippen molar-refractivity contribution < 1.29 is 9.72 Å². The number of hydrogen-bond donors (Lipinski definition) is 2. The zero-order valence-electron chi connectivity index (χ0n) is 11.2. The number of primary amides is 1. The smallest absolute Gasteiger partial charge is 0.293 e. The van der Waals surface area contributed by atoms with Crippen LogP contribution in [0.15, 0.2) is 30.6 Å². The van der Waals surface area contributed by atoms with E-state index in [0.29, 0.717) is 5.69 Å². The van der Waals surface area contributed by atoms with Crippen LogP contribution in [-0.4, -0.2) is 20.8 Å².